The minimum absolute atomic E-state index is 0.0145. The number of sulfonamides is 1. The standard InChI is InChI=1S/C22H25BrClN5O3S/c1-2-17(14-30)27-21-20(23)13-25-22(29-21)28-18-7-9-19(10-8-18)33(31,32)26-12-11-15-3-5-16(24)6-4-15/h3-10,13,17,26,30H,2,11-12,14H2,1H3,(H2,25,27,28,29)/t17-/m1/s1. The van der Waals surface area contributed by atoms with Crippen molar-refractivity contribution in [1.29, 1.82) is 0 Å². The molecule has 11 heteroatoms. The first kappa shape index (κ1) is 25.4. The summed E-state index contributed by atoms with van der Waals surface area (Å²) in [5, 5.41) is 16.3. The number of anilines is 3. The van der Waals surface area contributed by atoms with Gasteiger partial charge in [0.2, 0.25) is 16.0 Å². The lowest BCUT2D eigenvalue weighted by Crippen LogP contribution is -2.26. The van der Waals surface area contributed by atoms with Crippen molar-refractivity contribution in [2.24, 2.45) is 0 Å². The van der Waals surface area contributed by atoms with Gasteiger partial charge in [-0.15, -0.1) is 0 Å². The van der Waals surface area contributed by atoms with Crippen molar-refractivity contribution >= 4 is 55.0 Å². The van der Waals surface area contributed by atoms with Crippen LogP contribution in [-0.2, 0) is 16.4 Å². The molecular formula is C22H25BrClN5O3S. The summed E-state index contributed by atoms with van der Waals surface area (Å²) in [6.07, 6.45) is 2.90. The van der Waals surface area contributed by atoms with E-state index in [0.29, 0.717) is 33.4 Å². The molecule has 1 aromatic heterocycles. The molecule has 4 N–H and O–H groups in total. The summed E-state index contributed by atoms with van der Waals surface area (Å²) in [6, 6.07) is 13.5. The predicted octanol–water partition coefficient (Wildman–Crippen LogP) is 4.34. The number of rotatable bonds is 11. The maximum absolute atomic E-state index is 12.6. The molecule has 0 aliphatic heterocycles. The molecule has 0 amide bonds. The number of benzene rings is 2. The van der Waals surface area contributed by atoms with Gasteiger partial charge in [0.05, 0.1) is 22.0 Å². The Balaban J connectivity index is 1.61. The number of aliphatic hydroxyl groups excluding tert-OH is 1. The maximum atomic E-state index is 12.6. The van der Waals surface area contributed by atoms with E-state index in [-0.39, 0.29) is 24.1 Å². The Morgan fingerprint density at radius 1 is 1.12 bits per heavy atom. The first-order valence-electron chi connectivity index (χ1n) is 10.3. The van der Waals surface area contributed by atoms with Gasteiger partial charge in [-0.2, -0.15) is 4.98 Å². The van der Waals surface area contributed by atoms with Crippen LogP contribution in [0.5, 0.6) is 0 Å². The summed E-state index contributed by atoms with van der Waals surface area (Å²) in [7, 11) is -3.63. The number of aliphatic hydroxyl groups is 1. The van der Waals surface area contributed by atoms with E-state index in [9.17, 15) is 13.5 Å². The summed E-state index contributed by atoms with van der Waals surface area (Å²) < 4.78 is 28.4. The van der Waals surface area contributed by atoms with Crippen LogP contribution in [0.1, 0.15) is 18.9 Å². The van der Waals surface area contributed by atoms with Crippen LogP contribution in [0.4, 0.5) is 17.5 Å². The topological polar surface area (TPSA) is 116 Å². The fourth-order valence-electron chi connectivity index (χ4n) is 2.91. The Morgan fingerprint density at radius 2 is 1.82 bits per heavy atom. The van der Waals surface area contributed by atoms with E-state index in [1.807, 2.05) is 19.1 Å². The zero-order chi connectivity index (χ0) is 23.8. The first-order valence-corrected chi connectivity index (χ1v) is 13.0. The smallest absolute Gasteiger partial charge is 0.240 e. The molecule has 0 fully saturated rings. The highest BCUT2D eigenvalue weighted by molar-refractivity contribution is 9.10. The van der Waals surface area contributed by atoms with Gasteiger partial charge >= 0.3 is 0 Å². The second-order valence-corrected chi connectivity index (χ2v) is 10.3. The Kier molecular flexibility index (Phi) is 9.04. The van der Waals surface area contributed by atoms with Gasteiger partial charge in [0.15, 0.2) is 0 Å². The van der Waals surface area contributed by atoms with Gasteiger partial charge in [-0.25, -0.2) is 18.1 Å². The summed E-state index contributed by atoms with van der Waals surface area (Å²) >= 11 is 9.27. The third-order valence-electron chi connectivity index (χ3n) is 4.84. The number of hydrogen-bond acceptors (Lipinski definition) is 7. The molecule has 1 heterocycles. The molecule has 176 valence electrons. The average molecular weight is 555 g/mol. The van der Waals surface area contributed by atoms with E-state index in [4.69, 9.17) is 11.6 Å². The molecule has 2 aromatic carbocycles. The van der Waals surface area contributed by atoms with E-state index < -0.39 is 10.0 Å². The van der Waals surface area contributed by atoms with E-state index in [1.165, 1.54) is 12.1 Å². The fourth-order valence-corrected chi connectivity index (χ4v) is 4.37. The van der Waals surface area contributed by atoms with Crippen LogP contribution in [0.2, 0.25) is 5.02 Å². The molecule has 0 radical (unpaired) electrons. The van der Waals surface area contributed by atoms with Gasteiger partial charge < -0.3 is 15.7 Å². The summed E-state index contributed by atoms with van der Waals surface area (Å²) in [5.74, 6) is 0.891. The van der Waals surface area contributed by atoms with Gasteiger partial charge in [0.1, 0.15) is 5.82 Å². The molecular weight excluding hydrogens is 530 g/mol. The second-order valence-electron chi connectivity index (χ2n) is 7.25. The van der Waals surface area contributed by atoms with Crippen LogP contribution in [0.25, 0.3) is 0 Å². The maximum Gasteiger partial charge on any atom is 0.240 e. The van der Waals surface area contributed by atoms with Crippen LogP contribution in [0.15, 0.2) is 64.1 Å². The zero-order valence-electron chi connectivity index (χ0n) is 17.9. The molecule has 3 rings (SSSR count). The van der Waals surface area contributed by atoms with Crippen molar-refractivity contribution in [3.05, 3.63) is 69.8 Å². The van der Waals surface area contributed by atoms with Gasteiger partial charge in [-0.3, -0.25) is 0 Å². The Bertz CT molecular complexity index is 1160. The van der Waals surface area contributed by atoms with E-state index in [1.54, 1.807) is 30.5 Å². The van der Waals surface area contributed by atoms with E-state index >= 15 is 0 Å². The molecule has 33 heavy (non-hydrogen) atoms. The number of aromatic nitrogens is 2. The second kappa shape index (κ2) is 11.8. The van der Waals surface area contributed by atoms with Gasteiger partial charge in [-0.1, -0.05) is 30.7 Å². The molecule has 0 unspecified atom stereocenters. The summed E-state index contributed by atoms with van der Waals surface area (Å²) in [5.41, 5.74) is 1.63. The van der Waals surface area contributed by atoms with Crippen molar-refractivity contribution in [1.82, 2.24) is 14.7 Å². The highest BCUT2D eigenvalue weighted by Gasteiger charge is 2.14. The third-order valence-corrected chi connectivity index (χ3v) is 7.15. The lowest BCUT2D eigenvalue weighted by atomic mass is 10.2. The highest BCUT2D eigenvalue weighted by atomic mass is 79.9. The minimum Gasteiger partial charge on any atom is -0.394 e. The van der Waals surface area contributed by atoms with Gasteiger partial charge in [0, 0.05) is 23.5 Å². The van der Waals surface area contributed by atoms with Gasteiger partial charge in [0.25, 0.3) is 0 Å². The van der Waals surface area contributed by atoms with Crippen molar-refractivity contribution in [2.45, 2.75) is 30.7 Å². The quantitative estimate of drug-likeness (QED) is 0.279. The molecule has 1 atom stereocenters. The van der Waals surface area contributed by atoms with Crippen molar-refractivity contribution in [3.8, 4) is 0 Å². The third kappa shape index (κ3) is 7.38. The van der Waals surface area contributed by atoms with Crippen LogP contribution in [0.3, 0.4) is 0 Å². The zero-order valence-corrected chi connectivity index (χ0v) is 21.1. The Morgan fingerprint density at radius 3 is 2.45 bits per heavy atom. The summed E-state index contributed by atoms with van der Waals surface area (Å²) in [6.45, 7) is 2.22. The number of nitrogens with zero attached hydrogens (tertiary/aromatic N) is 2. The molecule has 0 aliphatic carbocycles. The molecule has 0 saturated carbocycles. The largest absolute Gasteiger partial charge is 0.394 e. The Labute approximate surface area is 207 Å². The average Bonchev–Trinajstić information content (AvgIpc) is 2.81. The normalized spacial score (nSPS) is 12.4. The molecule has 0 aliphatic rings. The minimum atomic E-state index is -3.63. The highest BCUT2D eigenvalue weighted by Crippen LogP contribution is 2.23. The van der Waals surface area contributed by atoms with E-state index in [2.05, 4.69) is 41.3 Å². The lowest BCUT2D eigenvalue weighted by molar-refractivity contribution is 0.271. The monoisotopic (exact) mass is 553 g/mol. The molecule has 3 aromatic rings. The van der Waals surface area contributed by atoms with Gasteiger partial charge in [-0.05, 0) is 70.7 Å². The summed E-state index contributed by atoms with van der Waals surface area (Å²) in [4.78, 5) is 8.81. The SMILES string of the molecule is CC[C@H](CO)Nc1nc(Nc2ccc(S(=O)(=O)NCCc3ccc(Cl)cc3)cc2)ncc1Br. The number of hydrogen-bond donors (Lipinski definition) is 4. The predicted molar refractivity (Wildman–Crippen MR) is 135 cm³/mol. The first-order chi connectivity index (χ1) is 15.8. The van der Waals surface area contributed by atoms with Crippen molar-refractivity contribution in [2.75, 3.05) is 23.8 Å². The lowest BCUT2D eigenvalue weighted by Gasteiger charge is -2.16. The number of nitrogens with one attached hydrogen (secondary N) is 3. The molecule has 0 spiro atoms. The Hall–Kier alpha value is -2.24. The van der Waals surface area contributed by atoms with Crippen molar-refractivity contribution in [3.63, 3.8) is 0 Å². The van der Waals surface area contributed by atoms with Crippen LogP contribution in [0, 0.1) is 0 Å². The molecule has 0 bridgehead atoms. The van der Waals surface area contributed by atoms with Crippen molar-refractivity contribution < 1.29 is 13.5 Å². The number of halogens is 2. The fraction of sp³-hybridized carbons (Fsp3) is 0.273. The van der Waals surface area contributed by atoms with Crippen LogP contribution < -0.4 is 15.4 Å². The molecule has 8 nitrogen and oxygen atoms in total. The van der Waals surface area contributed by atoms with Crippen LogP contribution in [-0.4, -0.2) is 42.7 Å². The molecule has 0 saturated heterocycles. The van der Waals surface area contributed by atoms with E-state index in [0.717, 1.165) is 12.0 Å². The van der Waals surface area contributed by atoms with Crippen LogP contribution >= 0.6 is 27.5 Å².